The number of carbonyl (C=O) groups is 2. The lowest BCUT2D eigenvalue weighted by Crippen LogP contribution is -2.52. The molecule has 9 nitrogen and oxygen atoms in total. The molecule has 11 heteroatoms. The third kappa shape index (κ3) is 7.53. The molecule has 0 radical (unpaired) electrons. The number of nitrogens with one attached hydrogen (secondary N) is 2. The molecule has 3 aromatic carbocycles. The van der Waals surface area contributed by atoms with Crippen LogP contribution in [-0.2, 0) is 26.0 Å². The van der Waals surface area contributed by atoms with Crippen LogP contribution in [0.5, 0.6) is 11.5 Å². The first-order chi connectivity index (χ1) is 19.3. The molecule has 0 fully saturated rings. The quantitative estimate of drug-likeness (QED) is 0.311. The van der Waals surface area contributed by atoms with Gasteiger partial charge < -0.3 is 19.7 Å². The number of anilines is 1. The zero-order chi connectivity index (χ0) is 28.5. The first kappa shape index (κ1) is 29.4. The van der Waals surface area contributed by atoms with Gasteiger partial charge in [0.25, 0.3) is 11.8 Å². The summed E-state index contributed by atoms with van der Waals surface area (Å²) in [6.07, 6.45) is 1.35. The smallest absolute Gasteiger partial charge is 0.265 e. The number of fused-ring (bicyclic) bond motifs is 1. The summed E-state index contributed by atoms with van der Waals surface area (Å²) >= 11 is 6.29. The highest BCUT2D eigenvalue weighted by atomic mass is 35.5. The largest absolute Gasteiger partial charge is 0.482 e. The van der Waals surface area contributed by atoms with Crippen molar-refractivity contribution in [2.24, 2.45) is 0 Å². The Kier molecular flexibility index (Phi) is 10.0. The van der Waals surface area contributed by atoms with Crippen LogP contribution in [-0.4, -0.2) is 52.6 Å². The molecule has 0 bridgehead atoms. The van der Waals surface area contributed by atoms with Crippen LogP contribution in [0.4, 0.5) is 5.69 Å². The standard InChI is InChI=1S/C29H32ClN3O6S/c1-2-3-16-32-40(36,37)22-13-14-25(23(30)18-22)38-20-28(34)33-19-27(39-26-12-8-7-11-24(26)33)29(35)31-17-15-21-9-5-4-6-10-21/h4-14,18,27,32H,2-3,15-17,19-20H2,1H3,(H,31,35)/t27-/m1/s1. The van der Waals surface area contributed by atoms with Crippen molar-refractivity contribution < 1.29 is 27.5 Å². The Labute approximate surface area is 239 Å². The van der Waals surface area contributed by atoms with Gasteiger partial charge in [-0.25, -0.2) is 13.1 Å². The van der Waals surface area contributed by atoms with Gasteiger partial charge in [-0.15, -0.1) is 0 Å². The van der Waals surface area contributed by atoms with E-state index < -0.39 is 22.0 Å². The van der Waals surface area contributed by atoms with Crippen molar-refractivity contribution >= 4 is 39.1 Å². The van der Waals surface area contributed by atoms with Gasteiger partial charge in [-0.2, -0.15) is 0 Å². The van der Waals surface area contributed by atoms with Crippen molar-refractivity contribution in [2.45, 2.75) is 37.2 Å². The zero-order valence-electron chi connectivity index (χ0n) is 22.1. The van der Waals surface area contributed by atoms with Crippen LogP contribution < -0.4 is 24.4 Å². The number of benzene rings is 3. The van der Waals surface area contributed by atoms with Gasteiger partial charge in [0.05, 0.1) is 22.2 Å². The van der Waals surface area contributed by atoms with Gasteiger partial charge >= 0.3 is 0 Å². The highest BCUT2D eigenvalue weighted by molar-refractivity contribution is 7.89. The molecule has 1 aliphatic rings. The van der Waals surface area contributed by atoms with Crippen LogP contribution in [0.3, 0.4) is 0 Å². The number of amides is 2. The number of hydrogen-bond donors (Lipinski definition) is 2. The van der Waals surface area contributed by atoms with E-state index in [2.05, 4.69) is 10.0 Å². The Morgan fingerprint density at radius 3 is 2.55 bits per heavy atom. The summed E-state index contributed by atoms with van der Waals surface area (Å²) in [6.45, 7) is 2.36. The second-order valence-corrected chi connectivity index (χ2v) is 11.4. The van der Waals surface area contributed by atoms with Crippen molar-refractivity contribution in [3.8, 4) is 11.5 Å². The maximum atomic E-state index is 13.3. The zero-order valence-corrected chi connectivity index (χ0v) is 23.7. The van der Waals surface area contributed by atoms with E-state index in [0.29, 0.717) is 30.9 Å². The van der Waals surface area contributed by atoms with Gasteiger partial charge in [-0.05, 0) is 48.7 Å². The SMILES string of the molecule is CCCCNS(=O)(=O)c1ccc(OCC(=O)N2C[C@H](C(=O)NCCc3ccccc3)Oc3ccccc32)c(Cl)c1. The molecule has 2 amide bonds. The second kappa shape index (κ2) is 13.6. The Morgan fingerprint density at radius 2 is 1.80 bits per heavy atom. The molecule has 3 aromatic rings. The maximum absolute atomic E-state index is 13.3. The van der Waals surface area contributed by atoms with E-state index in [0.717, 1.165) is 18.4 Å². The summed E-state index contributed by atoms with van der Waals surface area (Å²) in [7, 11) is -3.71. The van der Waals surface area contributed by atoms with E-state index in [9.17, 15) is 18.0 Å². The molecule has 212 valence electrons. The molecule has 0 aliphatic carbocycles. The Bertz CT molecular complexity index is 1430. The molecule has 0 spiro atoms. The first-order valence-corrected chi connectivity index (χ1v) is 14.9. The minimum atomic E-state index is -3.71. The van der Waals surface area contributed by atoms with E-state index in [-0.39, 0.29) is 34.7 Å². The first-order valence-electron chi connectivity index (χ1n) is 13.1. The van der Waals surface area contributed by atoms with E-state index in [1.165, 1.54) is 23.1 Å². The predicted molar refractivity (Wildman–Crippen MR) is 153 cm³/mol. The van der Waals surface area contributed by atoms with Crippen LogP contribution in [0.1, 0.15) is 25.3 Å². The molecule has 40 heavy (non-hydrogen) atoms. The summed E-state index contributed by atoms with van der Waals surface area (Å²) in [4.78, 5) is 27.6. The molecule has 4 rings (SSSR count). The van der Waals surface area contributed by atoms with Gasteiger partial charge in [0.15, 0.2) is 12.7 Å². The van der Waals surface area contributed by atoms with Crippen molar-refractivity contribution in [1.29, 1.82) is 0 Å². The third-order valence-electron chi connectivity index (χ3n) is 6.31. The van der Waals surface area contributed by atoms with Crippen molar-refractivity contribution in [3.63, 3.8) is 0 Å². The van der Waals surface area contributed by atoms with Crippen LogP contribution in [0.25, 0.3) is 0 Å². The molecule has 0 unspecified atom stereocenters. The second-order valence-electron chi connectivity index (χ2n) is 9.24. The normalized spacial score (nSPS) is 14.7. The lowest BCUT2D eigenvalue weighted by atomic mass is 10.1. The Balaban J connectivity index is 1.39. The van der Waals surface area contributed by atoms with Crippen molar-refractivity contribution in [2.75, 3.05) is 31.1 Å². The third-order valence-corrected chi connectivity index (χ3v) is 8.06. The summed E-state index contributed by atoms with van der Waals surface area (Å²) in [5, 5.41) is 2.94. The minimum Gasteiger partial charge on any atom is -0.482 e. The fourth-order valence-corrected chi connectivity index (χ4v) is 5.55. The molecular weight excluding hydrogens is 554 g/mol. The molecule has 1 aliphatic heterocycles. The number of rotatable bonds is 12. The van der Waals surface area contributed by atoms with Gasteiger partial charge in [-0.3, -0.25) is 9.59 Å². The summed E-state index contributed by atoms with van der Waals surface area (Å²) < 4.78 is 39.0. The monoisotopic (exact) mass is 585 g/mol. The maximum Gasteiger partial charge on any atom is 0.265 e. The fraction of sp³-hybridized carbons (Fsp3) is 0.310. The van der Waals surface area contributed by atoms with Crippen molar-refractivity contribution in [3.05, 3.63) is 83.4 Å². The van der Waals surface area contributed by atoms with Gasteiger partial charge in [0.1, 0.15) is 11.5 Å². The molecule has 0 saturated heterocycles. The topological polar surface area (TPSA) is 114 Å². The summed E-state index contributed by atoms with van der Waals surface area (Å²) in [6, 6.07) is 20.8. The molecule has 2 N–H and O–H groups in total. The van der Waals surface area contributed by atoms with E-state index in [4.69, 9.17) is 21.1 Å². The highest BCUT2D eigenvalue weighted by Gasteiger charge is 2.34. The molecule has 1 atom stereocenters. The van der Waals surface area contributed by atoms with Crippen molar-refractivity contribution in [1.82, 2.24) is 10.0 Å². The van der Waals surface area contributed by atoms with Crippen LogP contribution in [0, 0.1) is 0 Å². The van der Waals surface area contributed by atoms with E-state index in [1.807, 2.05) is 37.3 Å². The van der Waals surface area contributed by atoms with Crippen LogP contribution in [0.2, 0.25) is 5.02 Å². The summed E-state index contributed by atoms with van der Waals surface area (Å²) in [5.41, 5.74) is 1.62. The number of carbonyl (C=O) groups excluding carboxylic acids is 2. The number of ether oxygens (including phenoxy) is 2. The van der Waals surface area contributed by atoms with E-state index in [1.54, 1.807) is 24.3 Å². The average molecular weight is 586 g/mol. The molecule has 1 heterocycles. The lowest BCUT2D eigenvalue weighted by Gasteiger charge is -2.34. The molecule has 0 aromatic heterocycles. The molecular formula is C29H32ClN3O6S. The summed E-state index contributed by atoms with van der Waals surface area (Å²) in [5.74, 6) is -0.156. The van der Waals surface area contributed by atoms with Gasteiger partial charge in [-0.1, -0.05) is 67.4 Å². The highest BCUT2D eigenvalue weighted by Crippen LogP contribution is 2.34. The van der Waals surface area contributed by atoms with Gasteiger partial charge in [0.2, 0.25) is 10.0 Å². The van der Waals surface area contributed by atoms with Crippen LogP contribution in [0.15, 0.2) is 77.7 Å². The lowest BCUT2D eigenvalue weighted by molar-refractivity contribution is -0.128. The Hall–Kier alpha value is -3.60. The number of unbranched alkanes of at least 4 members (excludes halogenated alkanes) is 1. The minimum absolute atomic E-state index is 0.00468. The predicted octanol–water partition coefficient (Wildman–Crippen LogP) is 3.95. The number of sulfonamides is 1. The number of halogens is 1. The number of nitrogens with zero attached hydrogens (tertiary/aromatic N) is 1. The average Bonchev–Trinajstić information content (AvgIpc) is 2.96. The Morgan fingerprint density at radius 1 is 1.05 bits per heavy atom. The van der Waals surface area contributed by atoms with E-state index >= 15 is 0 Å². The number of para-hydroxylation sites is 2. The number of hydrogen-bond acceptors (Lipinski definition) is 6. The van der Waals surface area contributed by atoms with Gasteiger partial charge in [0, 0.05) is 13.1 Å². The van der Waals surface area contributed by atoms with Crippen LogP contribution >= 0.6 is 11.6 Å². The fourth-order valence-electron chi connectivity index (χ4n) is 4.15. The molecule has 0 saturated carbocycles.